The van der Waals surface area contributed by atoms with E-state index in [9.17, 15) is 0 Å². The van der Waals surface area contributed by atoms with Gasteiger partial charge in [0.25, 0.3) is 0 Å². The number of rotatable bonds is 3. The first-order valence-corrected chi connectivity index (χ1v) is 6.77. The number of pyridine rings is 1. The predicted molar refractivity (Wildman–Crippen MR) is 79.9 cm³/mol. The van der Waals surface area contributed by atoms with Crippen LogP contribution < -0.4 is 5.32 Å². The second-order valence-corrected chi connectivity index (χ2v) is 5.45. The van der Waals surface area contributed by atoms with Crippen molar-refractivity contribution in [2.75, 3.05) is 5.32 Å². The van der Waals surface area contributed by atoms with Crippen LogP contribution in [0.3, 0.4) is 0 Å². The van der Waals surface area contributed by atoms with Gasteiger partial charge in [0.15, 0.2) is 0 Å². The van der Waals surface area contributed by atoms with E-state index in [1.54, 1.807) is 0 Å². The number of hydrogen-bond acceptors (Lipinski definition) is 2. The summed E-state index contributed by atoms with van der Waals surface area (Å²) in [5.74, 6) is 0. The maximum atomic E-state index is 4.30. The first-order chi connectivity index (χ1) is 8.56. The lowest BCUT2D eigenvalue weighted by molar-refractivity contribution is 1.08. The molecule has 0 unspecified atom stereocenters. The minimum absolute atomic E-state index is 0.787. The van der Waals surface area contributed by atoms with Crippen LogP contribution in [0.15, 0.2) is 34.9 Å². The van der Waals surface area contributed by atoms with Gasteiger partial charge in [-0.1, -0.05) is 12.1 Å². The molecule has 0 bridgehead atoms. The van der Waals surface area contributed by atoms with Crippen molar-refractivity contribution >= 4 is 21.6 Å². The van der Waals surface area contributed by atoms with Crippen molar-refractivity contribution in [1.29, 1.82) is 0 Å². The summed E-state index contributed by atoms with van der Waals surface area (Å²) >= 11 is 3.60. The van der Waals surface area contributed by atoms with Crippen LogP contribution in [0.4, 0.5) is 5.69 Å². The monoisotopic (exact) mass is 304 g/mol. The molecule has 18 heavy (non-hydrogen) atoms. The van der Waals surface area contributed by atoms with Crippen LogP contribution in [-0.4, -0.2) is 4.98 Å². The zero-order valence-corrected chi connectivity index (χ0v) is 12.5. The van der Waals surface area contributed by atoms with Crippen LogP contribution in [0.25, 0.3) is 0 Å². The van der Waals surface area contributed by atoms with Crippen LogP contribution in [-0.2, 0) is 6.54 Å². The molecule has 2 rings (SSSR count). The van der Waals surface area contributed by atoms with Gasteiger partial charge >= 0.3 is 0 Å². The number of aryl methyl sites for hydroxylation is 3. The van der Waals surface area contributed by atoms with Gasteiger partial charge in [0.1, 0.15) is 0 Å². The first-order valence-electron chi connectivity index (χ1n) is 5.98. The molecular formula is C15H17BrN2. The second-order valence-electron chi connectivity index (χ2n) is 4.60. The molecule has 94 valence electrons. The van der Waals surface area contributed by atoms with Crippen molar-refractivity contribution in [3.63, 3.8) is 0 Å². The van der Waals surface area contributed by atoms with E-state index in [4.69, 9.17) is 0 Å². The van der Waals surface area contributed by atoms with Crippen LogP contribution in [0.5, 0.6) is 0 Å². The van der Waals surface area contributed by atoms with Crippen LogP contribution in [0.1, 0.15) is 22.4 Å². The summed E-state index contributed by atoms with van der Waals surface area (Å²) in [6, 6.07) is 8.45. The van der Waals surface area contributed by atoms with Crippen molar-refractivity contribution in [2.45, 2.75) is 27.3 Å². The maximum absolute atomic E-state index is 4.30. The molecule has 0 saturated carbocycles. The van der Waals surface area contributed by atoms with Crippen molar-refractivity contribution in [2.24, 2.45) is 0 Å². The van der Waals surface area contributed by atoms with E-state index in [2.05, 4.69) is 58.3 Å². The Bertz CT molecular complexity index is 524. The molecule has 0 spiro atoms. The third-order valence-corrected chi connectivity index (χ3v) is 3.50. The summed E-state index contributed by atoms with van der Waals surface area (Å²) in [6.45, 7) is 7.01. The van der Waals surface area contributed by atoms with Crippen molar-refractivity contribution in [3.8, 4) is 0 Å². The van der Waals surface area contributed by atoms with Gasteiger partial charge in [-0.25, -0.2) is 0 Å². The standard InChI is InChI=1S/C15H17BrN2/c1-10-6-11(2)15(14(16)7-10)18-9-13-5-4-12(3)17-8-13/h4-8,18H,9H2,1-3H3. The van der Waals surface area contributed by atoms with Gasteiger partial charge in [-0.3, -0.25) is 4.98 Å². The molecule has 0 fully saturated rings. The van der Waals surface area contributed by atoms with E-state index in [-0.39, 0.29) is 0 Å². The largest absolute Gasteiger partial charge is 0.380 e. The van der Waals surface area contributed by atoms with Crippen molar-refractivity contribution in [3.05, 3.63) is 57.3 Å². The Labute approximate surface area is 117 Å². The fourth-order valence-electron chi connectivity index (χ4n) is 1.93. The number of nitrogens with zero attached hydrogens (tertiary/aromatic N) is 1. The molecule has 1 aromatic heterocycles. The molecule has 0 aliphatic carbocycles. The van der Waals surface area contributed by atoms with Gasteiger partial charge < -0.3 is 5.32 Å². The SMILES string of the molecule is Cc1cc(C)c(NCc2ccc(C)nc2)c(Br)c1. The van der Waals surface area contributed by atoms with E-state index in [0.717, 1.165) is 22.4 Å². The lowest BCUT2D eigenvalue weighted by atomic mass is 10.1. The summed E-state index contributed by atoms with van der Waals surface area (Å²) < 4.78 is 1.11. The minimum atomic E-state index is 0.787. The Kier molecular flexibility index (Phi) is 4.02. The van der Waals surface area contributed by atoms with Crippen molar-refractivity contribution in [1.82, 2.24) is 4.98 Å². The number of aromatic nitrogens is 1. The van der Waals surface area contributed by atoms with E-state index < -0.39 is 0 Å². The van der Waals surface area contributed by atoms with E-state index in [0.29, 0.717) is 0 Å². The molecule has 2 aromatic rings. The van der Waals surface area contributed by atoms with E-state index in [1.165, 1.54) is 16.7 Å². The van der Waals surface area contributed by atoms with Crippen molar-refractivity contribution < 1.29 is 0 Å². The quantitative estimate of drug-likeness (QED) is 0.910. The molecule has 0 saturated heterocycles. The Morgan fingerprint density at radius 3 is 2.56 bits per heavy atom. The highest BCUT2D eigenvalue weighted by molar-refractivity contribution is 9.10. The number of halogens is 1. The van der Waals surface area contributed by atoms with Crippen LogP contribution in [0.2, 0.25) is 0 Å². The highest BCUT2D eigenvalue weighted by atomic mass is 79.9. The van der Waals surface area contributed by atoms with E-state index >= 15 is 0 Å². The zero-order valence-electron chi connectivity index (χ0n) is 10.9. The van der Waals surface area contributed by atoms with Gasteiger partial charge in [0.05, 0.1) is 5.69 Å². The number of nitrogens with one attached hydrogen (secondary N) is 1. The normalized spacial score (nSPS) is 10.4. The predicted octanol–water partition coefficient (Wildman–Crippen LogP) is 4.38. The number of hydrogen-bond donors (Lipinski definition) is 1. The second kappa shape index (κ2) is 5.53. The average Bonchev–Trinajstić information content (AvgIpc) is 2.30. The topological polar surface area (TPSA) is 24.9 Å². The third kappa shape index (κ3) is 3.10. The van der Waals surface area contributed by atoms with Gasteiger partial charge in [-0.2, -0.15) is 0 Å². The Hall–Kier alpha value is -1.35. The zero-order chi connectivity index (χ0) is 13.1. The van der Waals surface area contributed by atoms with E-state index in [1.807, 2.05) is 19.2 Å². The third-order valence-electron chi connectivity index (χ3n) is 2.87. The molecule has 3 heteroatoms. The molecule has 0 amide bonds. The average molecular weight is 305 g/mol. The first kappa shape index (κ1) is 13.1. The molecule has 0 radical (unpaired) electrons. The molecular weight excluding hydrogens is 288 g/mol. The Balaban J connectivity index is 2.13. The highest BCUT2D eigenvalue weighted by Crippen LogP contribution is 2.28. The molecule has 0 atom stereocenters. The molecule has 0 aliphatic rings. The van der Waals surface area contributed by atoms with Gasteiger partial charge in [-0.05, 0) is 65.5 Å². The summed E-state index contributed by atoms with van der Waals surface area (Å²) in [5.41, 5.74) is 5.91. The number of benzene rings is 1. The van der Waals surface area contributed by atoms with Crippen LogP contribution in [0, 0.1) is 20.8 Å². The Morgan fingerprint density at radius 1 is 1.17 bits per heavy atom. The van der Waals surface area contributed by atoms with Gasteiger partial charge in [0, 0.05) is 22.9 Å². The fraction of sp³-hybridized carbons (Fsp3) is 0.267. The van der Waals surface area contributed by atoms with Gasteiger partial charge in [-0.15, -0.1) is 0 Å². The molecule has 2 nitrogen and oxygen atoms in total. The maximum Gasteiger partial charge on any atom is 0.0517 e. The smallest absolute Gasteiger partial charge is 0.0517 e. The summed E-state index contributed by atoms with van der Waals surface area (Å²) in [7, 11) is 0. The fourth-order valence-corrected chi connectivity index (χ4v) is 2.75. The minimum Gasteiger partial charge on any atom is -0.380 e. The van der Waals surface area contributed by atoms with Crippen LogP contribution >= 0.6 is 15.9 Å². The highest BCUT2D eigenvalue weighted by Gasteiger charge is 2.04. The Morgan fingerprint density at radius 2 is 1.94 bits per heavy atom. The summed E-state index contributed by atoms with van der Waals surface area (Å²) in [5, 5.41) is 3.46. The lowest BCUT2D eigenvalue weighted by Crippen LogP contribution is -2.02. The molecule has 1 N–H and O–H groups in total. The molecule has 1 heterocycles. The summed E-state index contributed by atoms with van der Waals surface area (Å²) in [6.07, 6.45) is 1.92. The number of anilines is 1. The summed E-state index contributed by atoms with van der Waals surface area (Å²) in [4.78, 5) is 4.30. The van der Waals surface area contributed by atoms with Gasteiger partial charge in [0.2, 0.25) is 0 Å². The lowest BCUT2D eigenvalue weighted by Gasteiger charge is -2.12. The molecule has 1 aromatic carbocycles. The molecule has 0 aliphatic heterocycles.